The van der Waals surface area contributed by atoms with E-state index >= 15 is 0 Å². The number of carbonyl (C=O) groups is 2. The van der Waals surface area contributed by atoms with Crippen LogP contribution in [0.2, 0.25) is 10.0 Å². The summed E-state index contributed by atoms with van der Waals surface area (Å²) in [6.07, 6.45) is 2.17. The van der Waals surface area contributed by atoms with Gasteiger partial charge < -0.3 is 9.47 Å². The number of benzene rings is 4. The summed E-state index contributed by atoms with van der Waals surface area (Å²) < 4.78 is 13.2. The summed E-state index contributed by atoms with van der Waals surface area (Å²) in [5.74, 6) is 2.94. The molecule has 6 heteroatoms. The number of fused-ring (bicyclic) bond motifs is 5. The molecule has 0 saturated heterocycles. The van der Waals surface area contributed by atoms with Crippen LogP contribution >= 0.6 is 23.2 Å². The first-order chi connectivity index (χ1) is 21.9. The molecule has 0 saturated carbocycles. The fourth-order valence-corrected chi connectivity index (χ4v) is 7.89. The van der Waals surface area contributed by atoms with E-state index < -0.39 is 0 Å². The first-order valence-electron chi connectivity index (χ1n) is 15.6. The minimum atomic E-state index is -0.208. The van der Waals surface area contributed by atoms with Crippen molar-refractivity contribution in [3.8, 4) is 11.5 Å². The van der Waals surface area contributed by atoms with E-state index in [2.05, 4.69) is 39.8 Å². The molecule has 4 aromatic carbocycles. The number of halogens is 2. The van der Waals surface area contributed by atoms with Crippen LogP contribution in [0.25, 0.3) is 21.9 Å². The zero-order chi connectivity index (χ0) is 32.1. The Hall–Kier alpha value is -4.12. The Kier molecular flexibility index (Phi) is 6.49. The molecule has 230 valence electrons. The Bertz CT molecular complexity index is 2070. The molecule has 2 heterocycles. The summed E-state index contributed by atoms with van der Waals surface area (Å²) in [4.78, 5) is 27.8. The van der Waals surface area contributed by atoms with Gasteiger partial charge in [0.1, 0.15) is 23.0 Å². The van der Waals surface area contributed by atoms with Crippen LogP contribution in [0.1, 0.15) is 64.5 Å². The van der Waals surface area contributed by atoms with Gasteiger partial charge in [-0.1, -0.05) is 75.2 Å². The molecule has 8 rings (SSSR count). The van der Waals surface area contributed by atoms with Crippen LogP contribution in [-0.4, -0.2) is 11.6 Å². The van der Waals surface area contributed by atoms with E-state index in [4.69, 9.17) is 32.7 Å². The van der Waals surface area contributed by atoms with E-state index in [1.807, 2.05) is 60.7 Å². The van der Waals surface area contributed by atoms with E-state index in [9.17, 15) is 9.59 Å². The number of hydrogen-bond acceptors (Lipinski definition) is 4. The quantitative estimate of drug-likeness (QED) is 0.219. The van der Waals surface area contributed by atoms with Gasteiger partial charge in [-0.05, 0) is 81.3 Å². The van der Waals surface area contributed by atoms with Gasteiger partial charge in [-0.25, -0.2) is 0 Å². The molecule has 4 nitrogen and oxygen atoms in total. The second kappa shape index (κ2) is 10.2. The van der Waals surface area contributed by atoms with Crippen molar-refractivity contribution in [1.82, 2.24) is 0 Å². The lowest BCUT2D eigenvalue weighted by molar-refractivity contribution is -0.118. The van der Waals surface area contributed by atoms with Gasteiger partial charge in [0, 0.05) is 57.3 Å². The summed E-state index contributed by atoms with van der Waals surface area (Å²) >= 11 is 12.7. The first kappa shape index (κ1) is 29.3. The van der Waals surface area contributed by atoms with Gasteiger partial charge in [-0.3, -0.25) is 9.59 Å². The molecule has 4 aromatic rings. The molecule has 0 unspecified atom stereocenters. The molecule has 0 aromatic heterocycles. The molecular weight excluding hydrogens is 615 g/mol. The second-order valence-corrected chi connectivity index (χ2v) is 15.3. The average molecular weight is 648 g/mol. The molecule has 4 aliphatic rings. The lowest BCUT2D eigenvalue weighted by Gasteiger charge is -2.36. The summed E-state index contributed by atoms with van der Waals surface area (Å²) in [5.41, 5.74) is 4.33. The van der Waals surface area contributed by atoms with Crippen LogP contribution in [0.4, 0.5) is 0 Å². The molecule has 0 atom stereocenters. The molecule has 2 aliphatic carbocycles. The standard InChI is InChI=1S/C40H32Cl2O4/c1-39(2)17-27(43)37-31(19-39)45-29-15-13-26-25(35(29)33(37)21-5-9-23(41)10-6-21)14-16-30-36(26)34(22-7-11-24(42)12-8-22)38-28(44)18-40(3,4)20-32(38)46-30/h5-16H,17-20H2,1-4H3. The highest BCUT2D eigenvalue weighted by molar-refractivity contribution is 6.31. The van der Waals surface area contributed by atoms with Crippen molar-refractivity contribution >= 4 is 56.7 Å². The van der Waals surface area contributed by atoms with Gasteiger partial charge >= 0.3 is 0 Å². The third-order valence-corrected chi connectivity index (χ3v) is 10.0. The fourth-order valence-electron chi connectivity index (χ4n) is 7.64. The summed E-state index contributed by atoms with van der Waals surface area (Å²) in [6.45, 7) is 8.42. The van der Waals surface area contributed by atoms with Crippen LogP contribution in [0.5, 0.6) is 11.5 Å². The Labute approximate surface area is 277 Å². The minimum absolute atomic E-state index is 0.0683. The highest BCUT2D eigenvalue weighted by Gasteiger charge is 2.41. The summed E-state index contributed by atoms with van der Waals surface area (Å²) in [7, 11) is 0. The van der Waals surface area contributed by atoms with Gasteiger partial charge in [0.15, 0.2) is 11.6 Å². The van der Waals surface area contributed by atoms with Gasteiger partial charge in [0.25, 0.3) is 0 Å². The highest BCUT2D eigenvalue weighted by Crippen LogP contribution is 2.46. The Morgan fingerprint density at radius 3 is 1.24 bits per heavy atom. The number of hydrogen-bond donors (Lipinski definition) is 0. The third-order valence-electron chi connectivity index (χ3n) is 9.53. The average Bonchev–Trinajstić information content (AvgIpc) is 2.98. The van der Waals surface area contributed by atoms with Crippen molar-refractivity contribution in [3.05, 3.63) is 127 Å². The maximum Gasteiger partial charge on any atom is 0.167 e. The second-order valence-electron chi connectivity index (χ2n) is 14.4. The van der Waals surface area contributed by atoms with E-state index in [1.165, 1.54) is 0 Å². The normalized spacial score (nSPS) is 19.7. The molecule has 2 aliphatic heterocycles. The lowest BCUT2D eigenvalue weighted by Crippen LogP contribution is -2.35. The highest BCUT2D eigenvalue weighted by atomic mass is 35.5. The summed E-state index contributed by atoms with van der Waals surface area (Å²) in [6, 6.07) is 23.4. The Morgan fingerprint density at radius 2 is 0.870 bits per heavy atom. The minimum Gasteiger partial charge on any atom is -0.460 e. The van der Waals surface area contributed by atoms with E-state index in [-0.39, 0.29) is 22.4 Å². The Balaban J connectivity index is 1.53. The van der Waals surface area contributed by atoms with Crippen molar-refractivity contribution in [2.75, 3.05) is 0 Å². The largest absolute Gasteiger partial charge is 0.460 e. The van der Waals surface area contributed by atoms with Gasteiger partial charge in [-0.2, -0.15) is 0 Å². The van der Waals surface area contributed by atoms with Gasteiger partial charge in [0.2, 0.25) is 0 Å². The maximum absolute atomic E-state index is 13.9. The summed E-state index contributed by atoms with van der Waals surface area (Å²) in [5, 5.41) is 4.76. The SMILES string of the molecule is CC1(C)CC(=O)C2=C(C1)Oc1ccc3c4c(ccc3c1=C2c1ccc(Cl)cc1)OC1=C(C(=O)CC(C)(C)C1)C=4c1ccc(Cl)cc1. The molecule has 46 heavy (non-hydrogen) atoms. The van der Waals surface area contributed by atoms with Crippen LogP contribution < -0.4 is 19.9 Å². The molecule has 0 radical (unpaired) electrons. The molecule has 0 bridgehead atoms. The topological polar surface area (TPSA) is 52.6 Å². The van der Waals surface area contributed by atoms with Crippen molar-refractivity contribution in [3.63, 3.8) is 0 Å². The monoisotopic (exact) mass is 646 g/mol. The number of carbonyl (C=O) groups excluding carboxylic acids is 2. The number of allylic oxidation sites excluding steroid dienone is 4. The van der Waals surface area contributed by atoms with Crippen LogP contribution in [0, 0.1) is 10.8 Å². The van der Waals surface area contributed by atoms with E-state index in [0.29, 0.717) is 69.9 Å². The smallest absolute Gasteiger partial charge is 0.167 e. The molecule has 0 amide bonds. The predicted molar refractivity (Wildman–Crippen MR) is 182 cm³/mol. The zero-order valence-corrected chi connectivity index (χ0v) is 27.7. The third kappa shape index (κ3) is 4.65. The van der Waals surface area contributed by atoms with Crippen LogP contribution in [-0.2, 0) is 9.59 Å². The van der Waals surface area contributed by atoms with Crippen molar-refractivity contribution in [1.29, 1.82) is 0 Å². The van der Waals surface area contributed by atoms with Crippen molar-refractivity contribution in [2.24, 2.45) is 10.8 Å². The first-order valence-corrected chi connectivity index (χ1v) is 16.4. The van der Waals surface area contributed by atoms with Gasteiger partial charge in [0.05, 0.1) is 11.1 Å². The molecule has 0 fully saturated rings. The Morgan fingerprint density at radius 1 is 0.500 bits per heavy atom. The maximum atomic E-state index is 13.9. The zero-order valence-electron chi connectivity index (χ0n) is 26.1. The van der Waals surface area contributed by atoms with Crippen LogP contribution in [0.15, 0.2) is 95.5 Å². The van der Waals surface area contributed by atoms with Gasteiger partial charge in [-0.15, -0.1) is 0 Å². The molecule has 0 spiro atoms. The lowest BCUT2D eigenvalue weighted by atomic mass is 9.72. The number of ketones is 2. The van der Waals surface area contributed by atoms with E-state index in [1.54, 1.807) is 0 Å². The molecule has 0 N–H and O–H groups in total. The molecular formula is C40H32Cl2O4. The predicted octanol–water partition coefficient (Wildman–Crippen LogP) is 8.62. The number of ether oxygens (including phenoxy) is 2. The number of Topliss-reactive ketones (excluding diaryl/α,β-unsaturated/α-hetero) is 2. The van der Waals surface area contributed by atoms with E-state index in [0.717, 1.165) is 43.5 Å². The fraction of sp³-hybridized carbons (Fsp3) is 0.250. The van der Waals surface area contributed by atoms with Crippen molar-refractivity contribution < 1.29 is 19.1 Å². The van der Waals surface area contributed by atoms with Crippen molar-refractivity contribution in [2.45, 2.75) is 53.4 Å². The van der Waals surface area contributed by atoms with Crippen LogP contribution in [0.3, 0.4) is 0 Å². The number of rotatable bonds is 2.